The third kappa shape index (κ3) is 2.28. The molecule has 23 heavy (non-hydrogen) atoms. The molecule has 0 fully saturated rings. The Morgan fingerprint density at radius 3 is 2.39 bits per heavy atom. The van der Waals surface area contributed by atoms with Gasteiger partial charge in [-0.3, -0.25) is 4.79 Å². The largest absolute Gasteiger partial charge is 0.507 e. The van der Waals surface area contributed by atoms with E-state index >= 15 is 0 Å². The van der Waals surface area contributed by atoms with Crippen LogP contribution in [-0.2, 0) is 4.79 Å². The zero-order valence-corrected chi connectivity index (χ0v) is 16.9. The van der Waals surface area contributed by atoms with Crippen molar-refractivity contribution >= 4 is 53.0 Å². The van der Waals surface area contributed by atoms with Crippen LogP contribution in [0.3, 0.4) is 0 Å². The summed E-state index contributed by atoms with van der Waals surface area (Å²) in [7, 11) is -2.25. The molecule has 1 aromatic rings. The quantitative estimate of drug-likeness (QED) is 0.429. The smallest absolute Gasteiger partial charge is 0.178 e. The predicted octanol–water partition coefficient (Wildman–Crippen LogP) is 4.16. The Morgan fingerprint density at radius 2 is 1.78 bits per heavy atom. The SMILES string of the molecule is CC(C)[Si]1(C(C)C)C2=CC(=O)C=CC2=Nc2ccc(O)c(I)c21. The third-order valence-electron chi connectivity index (χ3n) is 4.99. The van der Waals surface area contributed by atoms with Gasteiger partial charge in [-0.2, -0.15) is 0 Å². The Hall–Kier alpha value is -1.21. The number of aromatic hydroxyl groups is 1. The fourth-order valence-corrected chi connectivity index (χ4v) is 11.9. The molecule has 120 valence electrons. The van der Waals surface area contributed by atoms with Crippen LogP contribution in [0, 0.1) is 3.57 Å². The van der Waals surface area contributed by atoms with Gasteiger partial charge in [0.15, 0.2) is 5.78 Å². The minimum atomic E-state index is -2.25. The summed E-state index contributed by atoms with van der Waals surface area (Å²) in [6.07, 6.45) is 5.24. The number of phenolic OH excluding ortho intramolecular Hbond substituents is 1. The molecule has 0 saturated carbocycles. The number of rotatable bonds is 2. The minimum absolute atomic E-state index is 0.0377. The van der Waals surface area contributed by atoms with Crippen molar-refractivity contribution in [3.8, 4) is 5.75 Å². The van der Waals surface area contributed by atoms with Crippen molar-refractivity contribution in [3.63, 3.8) is 0 Å². The first-order valence-electron chi connectivity index (χ1n) is 7.85. The van der Waals surface area contributed by atoms with Gasteiger partial charge in [0.05, 0.1) is 15.0 Å². The summed E-state index contributed by atoms with van der Waals surface area (Å²) in [5, 5.41) is 12.6. The molecular formula is C18H20INO2Si. The maximum Gasteiger partial charge on any atom is 0.178 e. The van der Waals surface area contributed by atoms with Crippen LogP contribution < -0.4 is 5.19 Å². The number of benzene rings is 1. The summed E-state index contributed by atoms with van der Waals surface area (Å²) in [5.74, 6) is 0.343. The standard InChI is InChI=1S/C18H20INO2Si/c1-10(2)23(11(3)4)16-9-12(21)5-6-13(16)20-14-7-8-15(22)17(19)18(14)23/h5-11,22H,1-4H3. The lowest BCUT2D eigenvalue weighted by Gasteiger charge is -2.45. The summed E-state index contributed by atoms with van der Waals surface area (Å²) in [5.41, 5.74) is 2.67. The Morgan fingerprint density at radius 1 is 1.13 bits per heavy atom. The molecule has 2 aliphatic rings. The van der Waals surface area contributed by atoms with Crippen LogP contribution in [0.2, 0.25) is 11.1 Å². The van der Waals surface area contributed by atoms with E-state index in [1.165, 1.54) is 5.19 Å². The first kappa shape index (κ1) is 16.6. The van der Waals surface area contributed by atoms with Gasteiger partial charge < -0.3 is 5.11 Å². The second kappa shape index (κ2) is 5.70. The van der Waals surface area contributed by atoms with Gasteiger partial charge in [0.1, 0.15) is 13.8 Å². The van der Waals surface area contributed by atoms with Crippen molar-refractivity contribution in [2.45, 2.75) is 38.8 Å². The van der Waals surface area contributed by atoms with E-state index in [1.807, 2.05) is 12.1 Å². The molecule has 0 amide bonds. The molecule has 0 saturated heterocycles. The van der Waals surface area contributed by atoms with E-state index in [0.29, 0.717) is 16.8 Å². The number of nitrogens with zero attached hydrogens (tertiary/aromatic N) is 1. The maximum atomic E-state index is 12.1. The predicted molar refractivity (Wildman–Crippen MR) is 106 cm³/mol. The zero-order chi connectivity index (χ0) is 16.9. The highest BCUT2D eigenvalue weighted by molar-refractivity contribution is 14.1. The van der Waals surface area contributed by atoms with Gasteiger partial charge in [0.25, 0.3) is 0 Å². The van der Waals surface area contributed by atoms with Crippen LogP contribution in [-0.4, -0.2) is 24.7 Å². The average Bonchev–Trinajstić information content (AvgIpc) is 2.48. The molecule has 1 aliphatic carbocycles. The molecule has 0 bridgehead atoms. The molecule has 1 heterocycles. The highest BCUT2D eigenvalue weighted by Gasteiger charge is 2.51. The molecule has 0 spiro atoms. The number of hydrogen-bond donors (Lipinski definition) is 1. The van der Waals surface area contributed by atoms with Crippen molar-refractivity contribution < 1.29 is 9.90 Å². The topological polar surface area (TPSA) is 49.7 Å². The lowest BCUT2D eigenvalue weighted by molar-refractivity contribution is -0.110. The average molecular weight is 437 g/mol. The van der Waals surface area contributed by atoms with Crippen molar-refractivity contribution in [2.75, 3.05) is 0 Å². The molecule has 1 N–H and O–H groups in total. The van der Waals surface area contributed by atoms with Crippen LogP contribution in [0.1, 0.15) is 27.7 Å². The first-order chi connectivity index (χ1) is 10.8. The number of phenols is 1. The molecule has 5 heteroatoms. The molecule has 1 aliphatic heterocycles. The van der Waals surface area contributed by atoms with Crippen molar-refractivity contribution in [3.05, 3.63) is 39.1 Å². The van der Waals surface area contributed by atoms with Gasteiger partial charge in [-0.15, -0.1) is 0 Å². The molecule has 0 radical (unpaired) electrons. The summed E-state index contributed by atoms with van der Waals surface area (Å²) in [6, 6.07) is 3.63. The van der Waals surface area contributed by atoms with E-state index < -0.39 is 8.07 Å². The Kier molecular flexibility index (Phi) is 4.12. The number of halogens is 1. The van der Waals surface area contributed by atoms with E-state index in [-0.39, 0.29) is 5.78 Å². The number of carbonyl (C=O) groups is 1. The Bertz CT molecular complexity index is 782. The number of allylic oxidation sites excluding steroid dienone is 4. The molecule has 0 atom stereocenters. The van der Waals surface area contributed by atoms with E-state index in [4.69, 9.17) is 4.99 Å². The summed E-state index contributed by atoms with van der Waals surface area (Å²) in [4.78, 5) is 16.9. The van der Waals surface area contributed by atoms with Gasteiger partial charge in [-0.25, -0.2) is 4.99 Å². The van der Waals surface area contributed by atoms with E-state index in [9.17, 15) is 9.90 Å². The molecule has 0 aromatic heterocycles. The number of carbonyl (C=O) groups excluding carboxylic acids is 1. The summed E-state index contributed by atoms with van der Waals surface area (Å²) >= 11 is 2.23. The normalized spacial score (nSPS) is 18.7. The van der Waals surface area contributed by atoms with Crippen molar-refractivity contribution in [2.24, 2.45) is 4.99 Å². The monoisotopic (exact) mass is 437 g/mol. The van der Waals surface area contributed by atoms with Crippen LogP contribution in [0.4, 0.5) is 5.69 Å². The highest BCUT2D eigenvalue weighted by atomic mass is 127. The minimum Gasteiger partial charge on any atom is -0.507 e. The molecule has 3 rings (SSSR count). The van der Waals surface area contributed by atoms with Crippen LogP contribution in [0.15, 0.2) is 40.5 Å². The first-order valence-corrected chi connectivity index (χ1v) is 11.1. The van der Waals surface area contributed by atoms with Gasteiger partial charge >= 0.3 is 0 Å². The maximum absolute atomic E-state index is 12.1. The molecule has 1 aromatic carbocycles. The third-order valence-corrected chi connectivity index (χ3v) is 12.9. The lowest BCUT2D eigenvalue weighted by atomic mass is 10.1. The van der Waals surface area contributed by atoms with Crippen LogP contribution in [0.25, 0.3) is 0 Å². The van der Waals surface area contributed by atoms with Gasteiger partial charge in [0.2, 0.25) is 0 Å². The van der Waals surface area contributed by atoms with Crippen molar-refractivity contribution in [1.29, 1.82) is 0 Å². The molecular weight excluding hydrogens is 417 g/mol. The number of hydrogen-bond acceptors (Lipinski definition) is 3. The highest BCUT2D eigenvalue weighted by Crippen LogP contribution is 2.46. The lowest BCUT2D eigenvalue weighted by Crippen LogP contribution is -2.60. The number of fused-ring (bicyclic) bond motifs is 2. The van der Waals surface area contributed by atoms with E-state index in [0.717, 1.165) is 20.2 Å². The Labute approximate surface area is 151 Å². The van der Waals surface area contributed by atoms with Gasteiger partial charge in [0, 0.05) is 0 Å². The number of aliphatic imine (C=N–C) groups is 1. The fraction of sp³-hybridized carbons (Fsp3) is 0.333. The zero-order valence-electron chi connectivity index (χ0n) is 13.7. The van der Waals surface area contributed by atoms with Crippen LogP contribution >= 0.6 is 22.6 Å². The van der Waals surface area contributed by atoms with Gasteiger partial charge in [-0.05, 0) is 74.4 Å². The number of ketones is 1. The summed E-state index contributed by atoms with van der Waals surface area (Å²) in [6.45, 7) is 8.96. The van der Waals surface area contributed by atoms with E-state index in [2.05, 4.69) is 50.3 Å². The molecule has 3 nitrogen and oxygen atoms in total. The fourth-order valence-electron chi connectivity index (χ4n) is 4.12. The molecule has 0 unspecified atom stereocenters. The Balaban J connectivity index is 2.47. The van der Waals surface area contributed by atoms with Gasteiger partial charge in [-0.1, -0.05) is 27.7 Å². The van der Waals surface area contributed by atoms with Crippen LogP contribution in [0.5, 0.6) is 5.75 Å². The second-order valence-corrected chi connectivity index (χ2v) is 12.9. The second-order valence-electron chi connectivity index (χ2n) is 6.76. The van der Waals surface area contributed by atoms with Crippen molar-refractivity contribution in [1.82, 2.24) is 0 Å². The van der Waals surface area contributed by atoms with E-state index in [1.54, 1.807) is 18.2 Å². The summed E-state index contributed by atoms with van der Waals surface area (Å²) < 4.78 is 0.889.